The van der Waals surface area contributed by atoms with Crippen molar-refractivity contribution in [1.82, 2.24) is 0 Å². The summed E-state index contributed by atoms with van der Waals surface area (Å²) in [7, 11) is 0. The first-order valence-corrected chi connectivity index (χ1v) is 4.49. The lowest BCUT2D eigenvalue weighted by Gasteiger charge is -2.02. The standard InChI is InChI=1S/C9H9BrFNO/c10-7-3-4-8(13)6(9(7)11)2-1-5-12/h1-4,13H,5,12H2/b2-1+. The van der Waals surface area contributed by atoms with E-state index >= 15 is 0 Å². The third-order valence-corrected chi connectivity index (χ3v) is 2.14. The first-order chi connectivity index (χ1) is 6.16. The summed E-state index contributed by atoms with van der Waals surface area (Å²) in [6.07, 6.45) is 3.03. The van der Waals surface area contributed by atoms with Crippen molar-refractivity contribution in [1.29, 1.82) is 0 Å². The quantitative estimate of drug-likeness (QED) is 0.840. The molecular formula is C9H9BrFNO. The number of nitrogens with two attached hydrogens (primary N) is 1. The van der Waals surface area contributed by atoms with Gasteiger partial charge in [-0.2, -0.15) is 0 Å². The van der Waals surface area contributed by atoms with Gasteiger partial charge in [0, 0.05) is 6.54 Å². The first-order valence-electron chi connectivity index (χ1n) is 3.70. The number of halogens is 2. The molecule has 0 spiro atoms. The summed E-state index contributed by atoms with van der Waals surface area (Å²) in [5, 5.41) is 9.29. The van der Waals surface area contributed by atoms with E-state index in [0.29, 0.717) is 11.0 Å². The van der Waals surface area contributed by atoms with Crippen molar-refractivity contribution in [2.75, 3.05) is 6.54 Å². The molecule has 0 saturated carbocycles. The number of benzene rings is 1. The Hall–Kier alpha value is -0.870. The number of rotatable bonds is 2. The molecule has 0 atom stereocenters. The molecule has 70 valence electrons. The van der Waals surface area contributed by atoms with E-state index in [0.717, 1.165) is 0 Å². The van der Waals surface area contributed by atoms with E-state index < -0.39 is 5.82 Å². The Morgan fingerprint density at radius 3 is 2.85 bits per heavy atom. The third-order valence-electron chi connectivity index (χ3n) is 1.53. The summed E-state index contributed by atoms with van der Waals surface area (Å²) in [5.74, 6) is -0.574. The largest absolute Gasteiger partial charge is 0.507 e. The Balaban J connectivity index is 3.17. The van der Waals surface area contributed by atoms with Crippen LogP contribution in [0.2, 0.25) is 0 Å². The molecule has 0 radical (unpaired) electrons. The number of phenols is 1. The van der Waals surface area contributed by atoms with Crippen LogP contribution in [0.25, 0.3) is 6.08 Å². The van der Waals surface area contributed by atoms with Crippen molar-refractivity contribution in [3.05, 3.63) is 34.1 Å². The van der Waals surface area contributed by atoms with Crippen LogP contribution < -0.4 is 5.73 Å². The molecule has 0 unspecified atom stereocenters. The topological polar surface area (TPSA) is 46.2 Å². The lowest BCUT2D eigenvalue weighted by atomic mass is 10.2. The molecule has 0 fully saturated rings. The molecule has 3 N–H and O–H groups in total. The predicted octanol–water partition coefficient (Wildman–Crippen LogP) is 2.27. The van der Waals surface area contributed by atoms with Crippen molar-refractivity contribution >= 4 is 22.0 Å². The fourth-order valence-corrected chi connectivity index (χ4v) is 1.25. The highest BCUT2D eigenvalue weighted by Crippen LogP contribution is 2.27. The second kappa shape index (κ2) is 4.39. The molecule has 0 aromatic heterocycles. The van der Waals surface area contributed by atoms with Gasteiger partial charge in [-0.05, 0) is 28.1 Å². The minimum absolute atomic E-state index is 0.0922. The zero-order valence-corrected chi connectivity index (χ0v) is 8.38. The minimum atomic E-state index is -0.482. The average Bonchev–Trinajstić information content (AvgIpc) is 2.12. The summed E-state index contributed by atoms with van der Waals surface area (Å²) in [6.45, 7) is 0.311. The van der Waals surface area contributed by atoms with Gasteiger partial charge >= 0.3 is 0 Å². The highest BCUT2D eigenvalue weighted by atomic mass is 79.9. The fourth-order valence-electron chi connectivity index (χ4n) is 0.901. The predicted molar refractivity (Wildman–Crippen MR) is 53.9 cm³/mol. The molecule has 0 amide bonds. The molecule has 1 aromatic carbocycles. The Morgan fingerprint density at radius 2 is 2.23 bits per heavy atom. The molecule has 1 aromatic rings. The van der Waals surface area contributed by atoms with E-state index in [4.69, 9.17) is 5.73 Å². The van der Waals surface area contributed by atoms with Crippen LogP contribution in [0.1, 0.15) is 5.56 Å². The van der Waals surface area contributed by atoms with Crippen molar-refractivity contribution in [3.8, 4) is 5.75 Å². The van der Waals surface area contributed by atoms with Gasteiger partial charge in [0.15, 0.2) is 0 Å². The summed E-state index contributed by atoms with van der Waals surface area (Å²) >= 11 is 3.02. The van der Waals surface area contributed by atoms with E-state index in [9.17, 15) is 9.50 Å². The van der Waals surface area contributed by atoms with Crippen LogP contribution in [-0.2, 0) is 0 Å². The Morgan fingerprint density at radius 1 is 1.54 bits per heavy atom. The average molecular weight is 246 g/mol. The molecule has 4 heteroatoms. The Bertz CT molecular complexity index is 339. The monoisotopic (exact) mass is 245 g/mol. The van der Waals surface area contributed by atoms with Gasteiger partial charge in [-0.1, -0.05) is 12.2 Å². The smallest absolute Gasteiger partial charge is 0.148 e. The summed E-state index contributed by atoms with van der Waals surface area (Å²) in [4.78, 5) is 0. The fraction of sp³-hybridized carbons (Fsp3) is 0.111. The van der Waals surface area contributed by atoms with E-state index in [-0.39, 0.29) is 11.3 Å². The normalized spacial score (nSPS) is 11.0. The van der Waals surface area contributed by atoms with Crippen molar-refractivity contribution in [2.24, 2.45) is 5.73 Å². The van der Waals surface area contributed by atoms with Gasteiger partial charge < -0.3 is 10.8 Å². The molecule has 0 saturated heterocycles. The molecule has 0 aliphatic carbocycles. The van der Waals surface area contributed by atoms with Gasteiger partial charge in [0.1, 0.15) is 11.6 Å². The highest BCUT2D eigenvalue weighted by molar-refractivity contribution is 9.10. The molecule has 13 heavy (non-hydrogen) atoms. The second-order valence-corrected chi connectivity index (χ2v) is 3.29. The van der Waals surface area contributed by atoms with Crippen molar-refractivity contribution < 1.29 is 9.50 Å². The highest BCUT2D eigenvalue weighted by Gasteiger charge is 2.07. The maximum Gasteiger partial charge on any atom is 0.148 e. The van der Waals surface area contributed by atoms with E-state index in [1.807, 2.05) is 0 Å². The summed E-state index contributed by atoms with van der Waals surface area (Å²) in [5.41, 5.74) is 5.36. The van der Waals surface area contributed by atoms with Crippen LogP contribution >= 0.6 is 15.9 Å². The number of hydrogen-bond donors (Lipinski definition) is 2. The molecular weight excluding hydrogens is 237 g/mol. The van der Waals surface area contributed by atoms with Crippen LogP contribution in [0.3, 0.4) is 0 Å². The first kappa shape index (κ1) is 10.2. The van der Waals surface area contributed by atoms with E-state index in [2.05, 4.69) is 15.9 Å². The maximum atomic E-state index is 13.3. The molecule has 0 aliphatic heterocycles. The SMILES string of the molecule is NC/C=C/c1c(O)ccc(Br)c1F. The third kappa shape index (κ3) is 2.29. The van der Waals surface area contributed by atoms with Crippen LogP contribution in [0, 0.1) is 5.82 Å². The molecule has 1 rings (SSSR count). The van der Waals surface area contributed by atoms with E-state index in [1.165, 1.54) is 18.2 Å². The van der Waals surface area contributed by atoms with Gasteiger partial charge in [0.25, 0.3) is 0 Å². The van der Waals surface area contributed by atoms with Crippen molar-refractivity contribution in [3.63, 3.8) is 0 Å². The lowest BCUT2D eigenvalue weighted by Crippen LogP contribution is -1.93. The van der Waals surface area contributed by atoms with Crippen LogP contribution in [0.15, 0.2) is 22.7 Å². The van der Waals surface area contributed by atoms with Crippen LogP contribution in [0.4, 0.5) is 4.39 Å². The van der Waals surface area contributed by atoms with Crippen LogP contribution in [-0.4, -0.2) is 11.7 Å². The number of hydrogen-bond acceptors (Lipinski definition) is 2. The summed E-state index contributed by atoms with van der Waals surface area (Å²) in [6, 6.07) is 2.87. The Labute approximate surface area is 84.0 Å². The minimum Gasteiger partial charge on any atom is -0.507 e. The molecule has 0 heterocycles. The molecule has 0 aliphatic rings. The molecule has 0 bridgehead atoms. The Kier molecular flexibility index (Phi) is 3.45. The van der Waals surface area contributed by atoms with Gasteiger partial charge in [-0.3, -0.25) is 0 Å². The summed E-state index contributed by atoms with van der Waals surface area (Å²) < 4.78 is 13.6. The van der Waals surface area contributed by atoms with Crippen LogP contribution in [0.5, 0.6) is 5.75 Å². The number of phenolic OH excluding ortho intramolecular Hbond substituents is 1. The van der Waals surface area contributed by atoms with Gasteiger partial charge in [-0.15, -0.1) is 0 Å². The van der Waals surface area contributed by atoms with Crippen molar-refractivity contribution in [2.45, 2.75) is 0 Å². The van der Waals surface area contributed by atoms with Gasteiger partial charge in [0.2, 0.25) is 0 Å². The maximum absolute atomic E-state index is 13.3. The zero-order valence-electron chi connectivity index (χ0n) is 6.80. The second-order valence-electron chi connectivity index (χ2n) is 2.43. The molecule has 2 nitrogen and oxygen atoms in total. The van der Waals surface area contributed by atoms with Gasteiger partial charge in [-0.25, -0.2) is 4.39 Å². The number of aromatic hydroxyl groups is 1. The van der Waals surface area contributed by atoms with Gasteiger partial charge in [0.05, 0.1) is 10.0 Å². The lowest BCUT2D eigenvalue weighted by molar-refractivity contribution is 0.466. The van der Waals surface area contributed by atoms with E-state index in [1.54, 1.807) is 6.08 Å². The zero-order chi connectivity index (χ0) is 9.84.